The monoisotopic (exact) mass is 463 g/mol. The minimum absolute atomic E-state index is 0.317. The van der Waals surface area contributed by atoms with Crippen LogP contribution in [0.25, 0.3) is 39.5 Å². The van der Waals surface area contributed by atoms with E-state index in [2.05, 4.69) is 26.8 Å². The Balaban J connectivity index is 1.55. The highest BCUT2D eigenvalue weighted by atomic mass is 19.1. The number of nitrogens with one attached hydrogen (secondary N) is 1. The molecule has 172 valence electrons. The molecule has 5 aromatic rings. The molecule has 0 atom stereocenters. The van der Waals surface area contributed by atoms with E-state index in [1.807, 2.05) is 61.0 Å². The molecule has 7 heteroatoms. The summed E-state index contributed by atoms with van der Waals surface area (Å²) in [6.45, 7) is 6.18. The summed E-state index contributed by atoms with van der Waals surface area (Å²) in [5.41, 5.74) is 6.77. The number of nitrogens with zero attached hydrogens (tertiary/aromatic N) is 4. The van der Waals surface area contributed by atoms with Crippen molar-refractivity contribution in [2.45, 2.75) is 13.5 Å². The predicted molar refractivity (Wildman–Crippen MR) is 136 cm³/mol. The molecule has 0 aliphatic carbocycles. The number of aromatic nitrogens is 4. The van der Waals surface area contributed by atoms with Crippen LogP contribution in [0.15, 0.2) is 67.5 Å². The third-order valence-electron chi connectivity index (χ3n) is 6.34. The van der Waals surface area contributed by atoms with Crippen molar-refractivity contribution in [2.24, 2.45) is 7.05 Å². The molecule has 4 heterocycles. The number of pyridine rings is 1. The third kappa shape index (κ3) is 3.44. The van der Waals surface area contributed by atoms with Crippen LogP contribution < -0.4 is 10.1 Å². The second kappa shape index (κ2) is 8.06. The Morgan fingerprint density at radius 3 is 2.80 bits per heavy atom. The van der Waals surface area contributed by atoms with Crippen LogP contribution in [0.1, 0.15) is 16.8 Å². The lowest BCUT2D eigenvalue weighted by Gasteiger charge is -2.14. The Labute approximate surface area is 201 Å². The molecule has 35 heavy (non-hydrogen) atoms. The number of fused-ring (bicyclic) bond motifs is 2. The number of halogens is 1. The van der Waals surface area contributed by atoms with Gasteiger partial charge >= 0.3 is 0 Å². The molecule has 0 saturated carbocycles. The number of benzene rings is 2. The van der Waals surface area contributed by atoms with Crippen LogP contribution in [0.2, 0.25) is 0 Å². The summed E-state index contributed by atoms with van der Waals surface area (Å²) in [4.78, 5) is 13.5. The van der Waals surface area contributed by atoms with E-state index in [4.69, 9.17) is 4.74 Å². The molecule has 0 saturated heterocycles. The Kier molecular flexibility index (Phi) is 4.84. The second-order valence-corrected chi connectivity index (χ2v) is 8.54. The Morgan fingerprint density at radius 2 is 2.00 bits per heavy atom. The minimum Gasteiger partial charge on any atom is -0.439 e. The Hall–Kier alpha value is -4.52. The first-order chi connectivity index (χ1) is 17.0. The maximum atomic E-state index is 14.8. The lowest BCUT2D eigenvalue weighted by Crippen LogP contribution is -2.03. The minimum atomic E-state index is -0.317. The number of hydrogen-bond acceptors (Lipinski definition) is 5. The van der Waals surface area contributed by atoms with E-state index in [0.29, 0.717) is 23.7 Å². The molecule has 0 spiro atoms. The summed E-state index contributed by atoms with van der Waals surface area (Å²) in [6, 6.07) is 16.9. The van der Waals surface area contributed by atoms with Gasteiger partial charge in [0.2, 0.25) is 5.88 Å². The first-order valence-corrected chi connectivity index (χ1v) is 11.3. The highest BCUT2D eigenvalue weighted by Crippen LogP contribution is 2.46. The van der Waals surface area contributed by atoms with E-state index in [1.165, 1.54) is 6.08 Å². The first-order valence-electron chi connectivity index (χ1n) is 11.3. The number of aryl methyl sites for hydroxylation is 2. The van der Waals surface area contributed by atoms with Gasteiger partial charge in [-0.2, -0.15) is 0 Å². The molecule has 1 aliphatic rings. The molecule has 0 radical (unpaired) electrons. The molecule has 0 amide bonds. The van der Waals surface area contributed by atoms with E-state index in [9.17, 15) is 4.39 Å². The molecule has 0 unspecified atom stereocenters. The number of ether oxygens (including phenoxy) is 1. The van der Waals surface area contributed by atoms with Crippen molar-refractivity contribution in [1.29, 1.82) is 0 Å². The van der Waals surface area contributed by atoms with E-state index in [0.717, 1.165) is 50.5 Å². The van der Waals surface area contributed by atoms with Gasteiger partial charge in [-0.25, -0.2) is 19.3 Å². The van der Waals surface area contributed by atoms with Gasteiger partial charge in [0.25, 0.3) is 0 Å². The summed E-state index contributed by atoms with van der Waals surface area (Å²) in [5, 5.41) is 4.35. The zero-order valence-corrected chi connectivity index (χ0v) is 19.3. The average molecular weight is 464 g/mol. The normalized spacial score (nSPS) is 12.1. The lowest BCUT2D eigenvalue weighted by atomic mass is 9.95. The van der Waals surface area contributed by atoms with E-state index in [1.54, 1.807) is 18.5 Å². The van der Waals surface area contributed by atoms with E-state index >= 15 is 0 Å². The molecule has 1 aliphatic heterocycles. The average Bonchev–Trinajstić information content (AvgIpc) is 3.05. The van der Waals surface area contributed by atoms with Crippen molar-refractivity contribution < 1.29 is 9.13 Å². The summed E-state index contributed by atoms with van der Waals surface area (Å²) in [7, 11) is 1.94. The van der Waals surface area contributed by atoms with Crippen LogP contribution in [0.5, 0.6) is 11.6 Å². The van der Waals surface area contributed by atoms with E-state index in [-0.39, 0.29) is 5.82 Å². The van der Waals surface area contributed by atoms with Crippen LogP contribution in [-0.4, -0.2) is 19.5 Å². The van der Waals surface area contributed by atoms with E-state index < -0.39 is 0 Å². The lowest BCUT2D eigenvalue weighted by molar-refractivity contribution is 0.461. The van der Waals surface area contributed by atoms with Gasteiger partial charge in [-0.1, -0.05) is 36.9 Å². The van der Waals surface area contributed by atoms with Gasteiger partial charge in [0.05, 0.1) is 11.1 Å². The summed E-state index contributed by atoms with van der Waals surface area (Å²) in [6.07, 6.45) is 3.07. The SMILES string of the molecule is C=Cc1ccc(-c2c3c4c(ncnc4n2C)NCc2cc(Oc4cccc(C)n4)ccc2-3)cc1F. The van der Waals surface area contributed by atoms with Crippen molar-refractivity contribution in [2.75, 3.05) is 5.32 Å². The van der Waals surface area contributed by atoms with Gasteiger partial charge < -0.3 is 14.6 Å². The van der Waals surface area contributed by atoms with Gasteiger partial charge in [-0.05, 0) is 42.3 Å². The van der Waals surface area contributed by atoms with Crippen LogP contribution in [0.4, 0.5) is 10.2 Å². The maximum Gasteiger partial charge on any atom is 0.219 e. The zero-order chi connectivity index (χ0) is 24.1. The molecule has 6 nitrogen and oxygen atoms in total. The van der Waals surface area contributed by atoms with Crippen LogP contribution in [0.3, 0.4) is 0 Å². The fraction of sp³-hybridized carbons (Fsp3) is 0.107. The first kappa shape index (κ1) is 21.0. The molecular weight excluding hydrogens is 441 g/mol. The number of anilines is 1. The number of rotatable bonds is 4. The molecular formula is C28H22FN5O. The van der Waals surface area contributed by atoms with Crippen LogP contribution in [0, 0.1) is 12.7 Å². The van der Waals surface area contributed by atoms with Crippen molar-refractivity contribution in [3.8, 4) is 34.0 Å². The maximum absolute atomic E-state index is 14.8. The summed E-state index contributed by atoms with van der Waals surface area (Å²) < 4.78 is 22.8. The van der Waals surface area contributed by atoms with Crippen molar-refractivity contribution in [1.82, 2.24) is 19.5 Å². The zero-order valence-electron chi connectivity index (χ0n) is 19.3. The standard InChI is InChI=1S/C28H22FN5O/c1-4-17-8-9-18(13-22(17)29)26-24-21-11-10-20(35-23-7-5-6-16(2)33-23)12-19(21)14-30-27-25(24)28(34(26)3)32-15-31-27/h4-13,15H,1,14H2,2-3H3,(H,30,31,32). The van der Waals surface area contributed by atoms with Gasteiger partial charge in [0.15, 0.2) is 0 Å². The highest BCUT2D eigenvalue weighted by molar-refractivity contribution is 6.09. The molecule has 2 aromatic carbocycles. The Morgan fingerprint density at radius 1 is 1.11 bits per heavy atom. The molecule has 1 N–H and O–H groups in total. The summed E-state index contributed by atoms with van der Waals surface area (Å²) >= 11 is 0. The van der Waals surface area contributed by atoms with Crippen LogP contribution >= 0.6 is 0 Å². The quantitative estimate of drug-likeness (QED) is 0.329. The fourth-order valence-electron chi connectivity index (χ4n) is 4.73. The number of hydrogen-bond donors (Lipinski definition) is 1. The third-order valence-corrected chi connectivity index (χ3v) is 6.34. The molecule has 0 fully saturated rings. The molecule has 0 bridgehead atoms. The van der Waals surface area contributed by atoms with Gasteiger partial charge in [0.1, 0.15) is 29.4 Å². The molecule has 6 rings (SSSR count). The largest absolute Gasteiger partial charge is 0.439 e. The fourth-order valence-corrected chi connectivity index (χ4v) is 4.73. The smallest absolute Gasteiger partial charge is 0.219 e. The van der Waals surface area contributed by atoms with Crippen molar-refractivity contribution in [3.63, 3.8) is 0 Å². The molecule has 3 aromatic heterocycles. The van der Waals surface area contributed by atoms with Gasteiger partial charge in [-0.15, -0.1) is 0 Å². The van der Waals surface area contributed by atoms with Crippen molar-refractivity contribution in [3.05, 3.63) is 90.1 Å². The topological polar surface area (TPSA) is 64.9 Å². The Bertz CT molecular complexity index is 1640. The second-order valence-electron chi connectivity index (χ2n) is 8.54. The highest BCUT2D eigenvalue weighted by Gasteiger charge is 2.27. The van der Waals surface area contributed by atoms with Gasteiger partial charge in [-0.3, -0.25) is 0 Å². The predicted octanol–water partition coefficient (Wildman–Crippen LogP) is 6.51. The van der Waals surface area contributed by atoms with Crippen molar-refractivity contribution >= 4 is 22.9 Å². The van der Waals surface area contributed by atoms with Gasteiger partial charge in [0, 0.05) is 42.0 Å². The summed E-state index contributed by atoms with van der Waals surface area (Å²) in [5.74, 6) is 1.66. The van der Waals surface area contributed by atoms with Crippen LogP contribution in [-0.2, 0) is 13.6 Å².